The summed E-state index contributed by atoms with van der Waals surface area (Å²) in [6.45, 7) is 7.33. The number of ether oxygens (including phenoxy) is 1. The van der Waals surface area contributed by atoms with E-state index in [1.54, 1.807) is 20.8 Å². The molecule has 25 heavy (non-hydrogen) atoms. The van der Waals surface area contributed by atoms with Crippen molar-refractivity contribution in [1.82, 2.24) is 9.71 Å². The third-order valence-corrected chi connectivity index (χ3v) is 5.61. The van der Waals surface area contributed by atoms with Crippen molar-refractivity contribution >= 4 is 16.0 Å². The molecule has 2 aromatic rings. The predicted octanol–water partition coefficient (Wildman–Crippen LogP) is 2.89. The van der Waals surface area contributed by atoms with E-state index >= 15 is 0 Å². The Bertz CT molecular complexity index is 841. The molecule has 0 aliphatic heterocycles. The van der Waals surface area contributed by atoms with Gasteiger partial charge in [0.15, 0.2) is 0 Å². The molecule has 0 radical (unpaired) electrons. The quantitative estimate of drug-likeness (QED) is 0.740. The lowest BCUT2D eigenvalue weighted by molar-refractivity contribution is 0.0521. The number of aryl methyl sites for hydroxylation is 2. The molecular weight excluding hydrogens is 340 g/mol. The molecule has 1 aromatic carbocycles. The summed E-state index contributed by atoms with van der Waals surface area (Å²) >= 11 is 0. The molecule has 0 bridgehead atoms. The number of sulfonamides is 1. The number of esters is 1. The fourth-order valence-corrected chi connectivity index (χ4v) is 4.32. The lowest BCUT2D eigenvalue weighted by atomic mass is 10.0. The van der Waals surface area contributed by atoms with Gasteiger partial charge in [-0.2, -0.15) is 0 Å². The molecule has 2 N–H and O–H groups in total. The van der Waals surface area contributed by atoms with Crippen LogP contribution in [0.3, 0.4) is 0 Å². The number of hydrogen-bond donors (Lipinski definition) is 2. The van der Waals surface area contributed by atoms with Crippen molar-refractivity contribution < 1.29 is 17.9 Å². The number of aromatic amines is 1. The van der Waals surface area contributed by atoms with E-state index < -0.39 is 16.0 Å². The van der Waals surface area contributed by atoms with E-state index in [2.05, 4.69) is 9.71 Å². The highest BCUT2D eigenvalue weighted by atomic mass is 32.2. The lowest BCUT2D eigenvalue weighted by Crippen LogP contribution is -2.29. The van der Waals surface area contributed by atoms with E-state index in [-0.39, 0.29) is 29.5 Å². The van der Waals surface area contributed by atoms with E-state index in [4.69, 9.17) is 4.74 Å². The molecule has 2 rings (SSSR count). The third kappa shape index (κ3) is 4.29. The second-order valence-electron chi connectivity index (χ2n) is 5.96. The summed E-state index contributed by atoms with van der Waals surface area (Å²) < 4.78 is 33.2. The fourth-order valence-electron chi connectivity index (χ4n) is 2.75. The number of nitrogens with one attached hydrogen (secondary N) is 2. The van der Waals surface area contributed by atoms with E-state index in [9.17, 15) is 13.2 Å². The van der Waals surface area contributed by atoms with Crippen LogP contribution in [-0.4, -0.2) is 32.5 Å². The van der Waals surface area contributed by atoms with Gasteiger partial charge in [0, 0.05) is 17.9 Å². The Morgan fingerprint density at radius 2 is 1.84 bits per heavy atom. The summed E-state index contributed by atoms with van der Waals surface area (Å²) in [5.74, 6) is -0.636. The number of carbonyl (C=O) groups excluding carboxylic acids is 1. The second kappa shape index (κ2) is 7.84. The van der Waals surface area contributed by atoms with E-state index in [1.807, 2.05) is 37.3 Å². The standard InChI is InChI=1S/C18H24N2O4S/c1-5-24-18(21)16-13(3)20-14(4)17(16)25(22,23)19-11-12(2)15-9-7-6-8-10-15/h6-10,12,19-20H,5,11H2,1-4H3. The Hall–Kier alpha value is -2.12. The summed E-state index contributed by atoms with van der Waals surface area (Å²) in [6.07, 6.45) is 0. The third-order valence-electron chi connectivity index (χ3n) is 4.01. The Morgan fingerprint density at radius 1 is 1.20 bits per heavy atom. The van der Waals surface area contributed by atoms with Crippen LogP contribution in [0.15, 0.2) is 35.2 Å². The SMILES string of the molecule is CCOC(=O)c1c(C)[nH]c(C)c1S(=O)(=O)NCC(C)c1ccccc1. The average molecular weight is 364 g/mol. The Balaban J connectivity index is 2.26. The maximum atomic E-state index is 12.8. The highest BCUT2D eigenvalue weighted by Crippen LogP contribution is 2.25. The first-order valence-electron chi connectivity index (χ1n) is 8.18. The van der Waals surface area contributed by atoms with Crippen molar-refractivity contribution in [2.45, 2.75) is 38.5 Å². The van der Waals surface area contributed by atoms with Gasteiger partial charge in [-0.1, -0.05) is 37.3 Å². The van der Waals surface area contributed by atoms with Gasteiger partial charge in [0.05, 0.1) is 6.61 Å². The van der Waals surface area contributed by atoms with Crippen LogP contribution in [0.1, 0.15) is 47.1 Å². The summed E-state index contributed by atoms with van der Waals surface area (Å²) in [5.41, 5.74) is 2.00. The molecule has 1 aromatic heterocycles. The molecule has 0 spiro atoms. The van der Waals surface area contributed by atoms with Crippen molar-refractivity contribution in [3.05, 3.63) is 52.8 Å². The molecule has 136 valence electrons. The summed E-state index contributed by atoms with van der Waals surface area (Å²) in [6, 6.07) is 9.65. The second-order valence-corrected chi connectivity index (χ2v) is 7.67. The molecule has 1 heterocycles. The molecule has 0 saturated heterocycles. The molecule has 7 heteroatoms. The Labute approximate surface area is 148 Å². The first-order chi connectivity index (χ1) is 11.8. The van der Waals surface area contributed by atoms with Crippen LogP contribution < -0.4 is 4.72 Å². The highest BCUT2D eigenvalue weighted by Gasteiger charge is 2.30. The maximum Gasteiger partial charge on any atom is 0.341 e. The zero-order chi connectivity index (χ0) is 18.6. The topological polar surface area (TPSA) is 88.3 Å². The van der Waals surface area contributed by atoms with Gasteiger partial charge in [-0.3, -0.25) is 0 Å². The normalized spacial score (nSPS) is 12.8. The van der Waals surface area contributed by atoms with Crippen molar-refractivity contribution in [2.24, 2.45) is 0 Å². The first kappa shape index (κ1) is 19.2. The van der Waals surface area contributed by atoms with Crippen LogP contribution in [0.2, 0.25) is 0 Å². The highest BCUT2D eigenvalue weighted by molar-refractivity contribution is 7.89. The van der Waals surface area contributed by atoms with E-state index in [0.717, 1.165) is 5.56 Å². The van der Waals surface area contributed by atoms with Crippen molar-refractivity contribution in [3.63, 3.8) is 0 Å². The minimum atomic E-state index is -3.85. The molecule has 1 atom stereocenters. The zero-order valence-electron chi connectivity index (χ0n) is 14.9. The van der Waals surface area contributed by atoms with Crippen LogP contribution in [0.25, 0.3) is 0 Å². The largest absolute Gasteiger partial charge is 0.462 e. The Kier molecular flexibility index (Phi) is 6.02. The van der Waals surface area contributed by atoms with Gasteiger partial charge in [-0.25, -0.2) is 17.9 Å². The molecule has 0 aliphatic rings. The van der Waals surface area contributed by atoms with Crippen molar-refractivity contribution in [2.75, 3.05) is 13.2 Å². The zero-order valence-corrected chi connectivity index (χ0v) is 15.7. The van der Waals surface area contributed by atoms with Crippen molar-refractivity contribution in [3.8, 4) is 0 Å². The molecule has 0 aliphatic carbocycles. The van der Waals surface area contributed by atoms with Gasteiger partial charge in [0.25, 0.3) is 0 Å². The van der Waals surface area contributed by atoms with E-state index in [0.29, 0.717) is 11.4 Å². The van der Waals surface area contributed by atoms with Crippen LogP contribution in [0.5, 0.6) is 0 Å². The Morgan fingerprint density at radius 3 is 2.44 bits per heavy atom. The number of rotatable bonds is 7. The monoisotopic (exact) mass is 364 g/mol. The molecule has 1 unspecified atom stereocenters. The number of aromatic nitrogens is 1. The number of carbonyl (C=O) groups is 1. The summed E-state index contributed by atoms with van der Waals surface area (Å²) in [4.78, 5) is 15.1. The molecule has 0 fully saturated rings. The molecule has 0 amide bonds. The van der Waals surface area contributed by atoms with Crippen LogP contribution in [0.4, 0.5) is 0 Å². The van der Waals surface area contributed by atoms with E-state index in [1.165, 1.54) is 0 Å². The van der Waals surface area contributed by atoms with Crippen LogP contribution in [0, 0.1) is 13.8 Å². The minimum absolute atomic E-state index is 0.00219. The van der Waals surface area contributed by atoms with Gasteiger partial charge >= 0.3 is 5.97 Å². The minimum Gasteiger partial charge on any atom is -0.462 e. The number of hydrogen-bond acceptors (Lipinski definition) is 4. The maximum absolute atomic E-state index is 12.8. The molecular formula is C18H24N2O4S. The number of benzene rings is 1. The number of H-pyrrole nitrogens is 1. The molecule has 6 nitrogen and oxygen atoms in total. The van der Waals surface area contributed by atoms with Gasteiger partial charge < -0.3 is 9.72 Å². The van der Waals surface area contributed by atoms with Gasteiger partial charge in [0.2, 0.25) is 10.0 Å². The van der Waals surface area contributed by atoms with Gasteiger partial charge in [-0.15, -0.1) is 0 Å². The van der Waals surface area contributed by atoms with Crippen LogP contribution >= 0.6 is 0 Å². The van der Waals surface area contributed by atoms with Crippen LogP contribution in [-0.2, 0) is 14.8 Å². The first-order valence-corrected chi connectivity index (χ1v) is 9.67. The fraction of sp³-hybridized carbons (Fsp3) is 0.389. The summed E-state index contributed by atoms with van der Waals surface area (Å²) in [5, 5.41) is 0. The van der Waals surface area contributed by atoms with Gasteiger partial charge in [-0.05, 0) is 32.3 Å². The lowest BCUT2D eigenvalue weighted by Gasteiger charge is -2.14. The summed E-state index contributed by atoms with van der Waals surface area (Å²) in [7, 11) is -3.85. The van der Waals surface area contributed by atoms with Crippen molar-refractivity contribution in [1.29, 1.82) is 0 Å². The predicted molar refractivity (Wildman–Crippen MR) is 96.3 cm³/mol. The smallest absolute Gasteiger partial charge is 0.341 e. The van der Waals surface area contributed by atoms with Gasteiger partial charge in [0.1, 0.15) is 10.5 Å². The average Bonchev–Trinajstić information content (AvgIpc) is 2.88. The molecule has 0 saturated carbocycles.